The molecule has 1 saturated carbocycles. The van der Waals surface area contributed by atoms with Gasteiger partial charge in [-0.2, -0.15) is 12.6 Å². The Morgan fingerprint density at radius 2 is 1.94 bits per heavy atom. The number of nitrogens with one attached hydrogen (secondary N) is 2. The van der Waals surface area contributed by atoms with Gasteiger partial charge < -0.3 is 10.6 Å². The molecular formula is C13H24N2O2S. The minimum atomic E-state index is -0.527. The Morgan fingerprint density at radius 1 is 1.28 bits per heavy atom. The Labute approximate surface area is 115 Å². The summed E-state index contributed by atoms with van der Waals surface area (Å²) in [6, 6.07) is -0.291. The van der Waals surface area contributed by atoms with Crippen molar-refractivity contribution in [3.05, 3.63) is 0 Å². The van der Waals surface area contributed by atoms with Crippen molar-refractivity contribution in [3.63, 3.8) is 0 Å². The molecule has 0 aliphatic heterocycles. The van der Waals surface area contributed by atoms with E-state index in [0.29, 0.717) is 11.7 Å². The molecule has 2 N–H and O–H groups in total. The number of carbonyl (C=O) groups is 2. The van der Waals surface area contributed by atoms with Gasteiger partial charge in [0.05, 0.1) is 0 Å². The topological polar surface area (TPSA) is 58.2 Å². The number of carbonyl (C=O) groups excluding carboxylic acids is 2. The van der Waals surface area contributed by atoms with Crippen molar-refractivity contribution in [1.82, 2.24) is 10.6 Å². The Kier molecular flexibility index (Phi) is 5.99. The lowest BCUT2D eigenvalue weighted by Gasteiger charge is -2.33. The molecule has 0 bridgehead atoms. The van der Waals surface area contributed by atoms with Gasteiger partial charge in [0.15, 0.2) is 0 Å². The molecule has 1 fully saturated rings. The molecule has 4 unspecified atom stereocenters. The number of rotatable bonds is 4. The molecule has 4 nitrogen and oxygen atoms in total. The largest absolute Gasteiger partial charge is 0.352 e. The van der Waals surface area contributed by atoms with Crippen molar-refractivity contribution in [2.24, 2.45) is 11.8 Å². The van der Waals surface area contributed by atoms with Crippen LogP contribution in [0.5, 0.6) is 0 Å². The highest BCUT2D eigenvalue weighted by Crippen LogP contribution is 2.29. The second-order valence-electron chi connectivity index (χ2n) is 5.41. The Bertz CT molecular complexity index is 309. The number of hydrogen-bond donors (Lipinski definition) is 3. The highest BCUT2D eigenvalue weighted by Gasteiger charge is 2.27. The SMILES string of the molecule is CC(=O)NC(CS)C(=O)NC1CCC(C)C(C)C1. The monoisotopic (exact) mass is 272 g/mol. The quantitative estimate of drug-likeness (QED) is 0.677. The van der Waals surface area contributed by atoms with Gasteiger partial charge in [0.1, 0.15) is 6.04 Å². The molecule has 0 aromatic rings. The molecule has 4 atom stereocenters. The maximum atomic E-state index is 12.0. The second-order valence-corrected chi connectivity index (χ2v) is 5.77. The average Bonchev–Trinajstić information content (AvgIpc) is 2.30. The first kappa shape index (κ1) is 15.3. The van der Waals surface area contributed by atoms with Gasteiger partial charge in [-0.15, -0.1) is 0 Å². The first-order chi connectivity index (χ1) is 8.43. The van der Waals surface area contributed by atoms with E-state index in [1.165, 1.54) is 6.92 Å². The first-order valence-corrected chi connectivity index (χ1v) is 7.25. The molecule has 0 heterocycles. The minimum Gasteiger partial charge on any atom is -0.352 e. The van der Waals surface area contributed by atoms with Crippen LogP contribution in [0.4, 0.5) is 0 Å². The molecule has 5 heteroatoms. The van der Waals surface area contributed by atoms with E-state index in [9.17, 15) is 9.59 Å². The molecule has 1 aliphatic carbocycles. The zero-order valence-electron chi connectivity index (χ0n) is 11.4. The number of thiol groups is 1. The van der Waals surface area contributed by atoms with Crippen LogP contribution in [0.3, 0.4) is 0 Å². The number of amides is 2. The van der Waals surface area contributed by atoms with Crippen molar-refractivity contribution >= 4 is 24.4 Å². The van der Waals surface area contributed by atoms with Crippen LogP contribution in [0, 0.1) is 11.8 Å². The van der Waals surface area contributed by atoms with E-state index in [1.54, 1.807) is 0 Å². The van der Waals surface area contributed by atoms with E-state index in [4.69, 9.17) is 0 Å². The summed E-state index contributed by atoms with van der Waals surface area (Å²) in [4.78, 5) is 23.0. The van der Waals surface area contributed by atoms with Crippen LogP contribution in [0.15, 0.2) is 0 Å². The molecule has 18 heavy (non-hydrogen) atoms. The molecule has 0 aromatic carbocycles. The van der Waals surface area contributed by atoms with Crippen molar-refractivity contribution < 1.29 is 9.59 Å². The molecule has 1 rings (SSSR count). The molecule has 0 radical (unpaired) electrons. The Morgan fingerprint density at radius 3 is 2.44 bits per heavy atom. The molecular weight excluding hydrogens is 248 g/mol. The summed E-state index contributed by atoms with van der Waals surface area (Å²) >= 11 is 4.10. The highest BCUT2D eigenvalue weighted by molar-refractivity contribution is 7.80. The maximum Gasteiger partial charge on any atom is 0.243 e. The summed E-state index contributed by atoms with van der Waals surface area (Å²) in [7, 11) is 0. The van der Waals surface area contributed by atoms with Gasteiger partial charge in [0.25, 0.3) is 0 Å². The van der Waals surface area contributed by atoms with Crippen molar-refractivity contribution in [2.45, 2.75) is 52.1 Å². The third-order valence-corrected chi connectivity index (χ3v) is 4.19. The Hall–Kier alpha value is -0.710. The standard InChI is InChI=1S/C13H24N2O2S/c1-8-4-5-11(6-9(8)2)15-13(17)12(7-18)14-10(3)16/h8-9,11-12,18H,4-7H2,1-3H3,(H,14,16)(H,15,17). The van der Waals surface area contributed by atoms with Crippen molar-refractivity contribution in [3.8, 4) is 0 Å². The van der Waals surface area contributed by atoms with Crippen LogP contribution in [-0.4, -0.2) is 29.7 Å². The molecule has 0 spiro atoms. The molecule has 2 amide bonds. The third kappa shape index (κ3) is 4.52. The molecule has 104 valence electrons. The van der Waals surface area contributed by atoms with Gasteiger partial charge >= 0.3 is 0 Å². The van der Waals surface area contributed by atoms with Crippen LogP contribution in [0.2, 0.25) is 0 Å². The second kappa shape index (κ2) is 7.02. The lowest BCUT2D eigenvalue weighted by molar-refractivity contribution is -0.128. The highest BCUT2D eigenvalue weighted by atomic mass is 32.1. The lowest BCUT2D eigenvalue weighted by atomic mass is 9.79. The summed E-state index contributed by atoms with van der Waals surface area (Å²) in [5.74, 6) is 1.37. The normalized spacial score (nSPS) is 29.4. The fourth-order valence-corrected chi connectivity index (χ4v) is 2.68. The predicted molar refractivity (Wildman–Crippen MR) is 75.6 cm³/mol. The van der Waals surface area contributed by atoms with E-state index in [0.717, 1.165) is 25.2 Å². The summed E-state index contributed by atoms with van der Waals surface area (Å²) in [5, 5.41) is 5.64. The van der Waals surface area contributed by atoms with Crippen LogP contribution in [-0.2, 0) is 9.59 Å². The first-order valence-electron chi connectivity index (χ1n) is 6.62. The number of hydrogen-bond acceptors (Lipinski definition) is 3. The zero-order chi connectivity index (χ0) is 13.7. The van der Waals surface area contributed by atoms with Crippen LogP contribution < -0.4 is 10.6 Å². The predicted octanol–water partition coefficient (Wildman–Crippen LogP) is 1.36. The fraction of sp³-hybridized carbons (Fsp3) is 0.846. The van der Waals surface area contributed by atoms with Gasteiger partial charge in [-0.1, -0.05) is 13.8 Å². The smallest absolute Gasteiger partial charge is 0.243 e. The van der Waals surface area contributed by atoms with Gasteiger partial charge in [0, 0.05) is 18.7 Å². The summed E-state index contributed by atoms with van der Waals surface area (Å²) in [6.45, 7) is 5.90. The molecule has 1 aliphatic rings. The average molecular weight is 272 g/mol. The van der Waals surface area contributed by atoms with Gasteiger partial charge in [0.2, 0.25) is 11.8 Å². The zero-order valence-corrected chi connectivity index (χ0v) is 12.3. The summed E-state index contributed by atoms with van der Waals surface area (Å²) in [5.41, 5.74) is 0. The van der Waals surface area contributed by atoms with E-state index in [-0.39, 0.29) is 17.9 Å². The van der Waals surface area contributed by atoms with E-state index < -0.39 is 6.04 Å². The summed E-state index contributed by atoms with van der Waals surface area (Å²) in [6.07, 6.45) is 3.20. The van der Waals surface area contributed by atoms with E-state index >= 15 is 0 Å². The fourth-order valence-electron chi connectivity index (χ4n) is 2.42. The lowest BCUT2D eigenvalue weighted by Crippen LogP contribution is -2.51. The van der Waals surface area contributed by atoms with Gasteiger partial charge in [-0.25, -0.2) is 0 Å². The third-order valence-electron chi connectivity index (χ3n) is 3.82. The maximum absolute atomic E-state index is 12.0. The molecule has 0 aromatic heterocycles. The molecule has 0 saturated heterocycles. The van der Waals surface area contributed by atoms with E-state index in [1.807, 2.05) is 0 Å². The van der Waals surface area contributed by atoms with Crippen molar-refractivity contribution in [2.75, 3.05) is 5.75 Å². The van der Waals surface area contributed by atoms with Crippen LogP contribution in [0.1, 0.15) is 40.0 Å². The van der Waals surface area contributed by atoms with Crippen LogP contribution in [0.25, 0.3) is 0 Å². The van der Waals surface area contributed by atoms with Crippen molar-refractivity contribution in [1.29, 1.82) is 0 Å². The summed E-state index contributed by atoms with van der Waals surface area (Å²) < 4.78 is 0. The van der Waals surface area contributed by atoms with Crippen LogP contribution >= 0.6 is 12.6 Å². The van der Waals surface area contributed by atoms with Gasteiger partial charge in [-0.05, 0) is 31.1 Å². The minimum absolute atomic E-state index is 0.119. The Balaban J connectivity index is 2.45. The van der Waals surface area contributed by atoms with E-state index in [2.05, 4.69) is 37.1 Å². The van der Waals surface area contributed by atoms with Gasteiger partial charge in [-0.3, -0.25) is 9.59 Å².